The van der Waals surface area contributed by atoms with E-state index >= 15 is 0 Å². The molecule has 0 bridgehead atoms. The molecule has 0 amide bonds. The van der Waals surface area contributed by atoms with Crippen LogP contribution in [0.5, 0.6) is 28.7 Å². The normalized spacial score (nSPS) is 17.8. The van der Waals surface area contributed by atoms with Crippen molar-refractivity contribution >= 4 is 34.8 Å². The van der Waals surface area contributed by atoms with Crippen molar-refractivity contribution in [3.63, 3.8) is 0 Å². The highest BCUT2D eigenvalue weighted by molar-refractivity contribution is 5.92. The molecule has 2 aliphatic rings. The van der Waals surface area contributed by atoms with E-state index in [0.29, 0.717) is 17.1 Å². The predicted molar refractivity (Wildman–Crippen MR) is 298 cm³/mol. The molecular formula is C66H52O16. The van der Waals surface area contributed by atoms with Gasteiger partial charge in [-0.05, 0) is 72.6 Å². The Bertz CT molecular complexity index is 3760. The lowest BCUT2D eigenvalue weighted by molar-refractivity contribution is -0.275. The largest absolute Gasteiger partial charge is 0.507 e. The average Bonchev–Trinajstić information content (AvgIpc) is 4.13. The second-order valence-corrected chi connectivity index (χ2v) is 19.7. The monoisotopic (exact) mass is 1100 g/mol. The molecule has 2 aliphatic heterocycles. The molecule has 3 heterocycles. The van der Waals surface area contributed by atoms with Crippen LogP contribution in [0.25, 0.3) is 22.3 Å². The molecule has 11 rings (SSSR count). The van der Waals surface area contributed by atoms with Crippen LogP contribution in [-0.4, -0.2) is 72.9 Å². The molecule has 412 valence electrons. The quantitative estimate of drug-likeness (QED) is 0.0666. The number of esters is 4. The Labute approximate surface area is 469 Å². The molecule has 3 unspecified atom stereocenters. The minimum Gasteiger partial charge on any atom is -0.507 e. The Morgan fingerprint density at radius 1 is 0.549 bits per heavy atom. The molecule has 0 radical (unpaired) electrons. The van der Waals surface area contributed by atoms with Gasteiger partial charge in [-0.2, -0.15) is 0 Å². The van der Waals surface area contributed by atoms with E-state index in [0.717, 1.165) is 17.2 Å². The van der Waals surface area contributed by atoms with Gasteiger partial charge >= 0.3 is 29.7 Å². The highest BCUT2D eigenvalue weighted by Crippen LogP contribution is 2.50. The molecule has 16 heteroatoms. The van der Waals surface area contributed by atoms with Crippen molar-refractivity contribution in [2.24, 2.45) is 5.92 Å². The van der Waals surface area contributed by atoms with Gasteiger partial charge in [-0.15, -0.1) is 0 Å². The van der Waals surface area contributed by atoms with E-state index < -0.39 is 78.2 Å². The molecule has 0 spiro atoms. The van der Waals surface area contributed by atoms with Crippen LogP contribution < -0.4 is 24.4 Å². The van der Waals surface area contributed by atoms with Crippen LogP contribution in [0.3, 0.4) is 0 Å². The van der Waals surface area contributed by atoms with Gasteiger partial charge in [0.25, 0.3) is 0 Å². The fraction of sp³-hybridized carbons (Fsp3) is 0.167. The van der Waals surface area contributed by atoms with Crippen molar-refractivity contribution < 1.29 is 71.3 Å². The predicted octanol–water partition coefficient (Wildman–Crippen LogP) is 11.5. The smallest absolute Gasteiger partial charge is 0.338 e. The third-order valence-corrected chi connectivity index (χ3v) is 13.5. The Kier molecular flexibility index (Phi) is 15.5. The topological polar surface area (TPSA) is 202 Å². The fourth-order valence-corrected chi connectivity index (χ4v) is 9.51. The van der Waals surface area contributed by atoms with Gasteiger partial charge < -0.3 is 52.2 Å². The lowest BCUT2D eigenvalue weighted by atomic mass is 9.97. The summed E-state index contributed by atoms with van der Waals surface area (Å²) < 4.78 is 63.8. The number of hydrogen-bond donors (Lipinski definition) is 1. The number of rotatable bonds is 17. The first-order chi connectivity index (χ1) is 39.9. The minimum atomic E-state index is -1.83. The van der Waals surface area contributed by atoms with Crippen molar-refractivity contribution in [1.29, 1.82) is 0 Å². The lowest BCUT2D eigenvalue weighted by Crippen LogP contribution is -2.63. The Hall–Kier alpha value is -10.2. The molecular weight excluding hydrogens is 1050 g/mol. The van der Waals surface area contributed by atoms with Crippen LogP contribution in [0.15, 0.2) is 222 Å². The number of aromatic hydroxyl groups is 1. The Balaban J connectivity index is 1.01. The van der Waals surface area contributed by atoms with Crippen LogP contribution in [0, 0.1) is 5.92 Å². The van der Waals surface area contributed by atoms with E-state index in [1.807, 2.05) is 74.5 Å². The molecule has 1 N–H and O–H groups in total. The molecule has 1 fully saturated rings. The highest BCUT2D eigenvalue weighted by Gasteiger charge is 2.54. The summed E-state index contributed by atoms with van der Waals surface area (Å²) in [5.74, 6) is -5.24. The van der Waals surface area contributed by atoms with Gasteiger partial charge in [-0.3, -0.25) is 4.79 Å². The van der Waals surface area contributed by atoms with Gasteiger partial charge in [0, 0.05) is 28.8 Å². The first-order valence-corrected chi connectivity index (χ1v) is 26.3. The van der Waals surface area contributed by atoms with E-state index in [-0.39, 0.29) is 63.0 Å². The van der Waals surface area contributed by atoms with Crippen LogP contribution in [-0.2, 0) is 29.5 Å². The number of phenolic OH excluding ortho intramolecular Hbond substituents is 1. The summed E-state index contributed by atoms with van der Waals surface area (Å²) in [5.41, 5.74) is 1.33. The van der Waals surface area contributed by atoms with Gasteiger partial charge in [-0.1, -0.05) is 147 Å². The molecule has 0 aliphatic carbocycles. The highest BCUT2D eigenvalue weighted by atomic mass is 16.7. The summed E-state index contributed by atoms with van der Waals surface area (Å²) in [5, 5.41) is 11.6. The van der Waals surface area contributed by atoms with Gasteiger partial charge in [0.2, 0.25) is 23.6 Å². The van der Waals surface area contributed by atoms with Gasteiger partial charge in [0.1, 0.15) is 35.2 Å². The summed E-state index contributed by atoms with van der Waals surface area (Å²) >= 11 is 0. The molecule has 5 atom stereocenters. The number of hydrogen-bond acceptors (Lipinski definition) is 16. The molecule has 8 aromatic carbocycles. The van der Waals surface area contributed by atoms with Crippen molar-refractivity contribution in [3.8, 4) is 40.1 Å². The Morgan fingerprint density at radius 2 is 1.02 bits per heavy atom. The van der Waals surface area contributed by atoms with Crippen LogP contribution in [0.4, 0.5) is 0 Å². The zero-order chi connectivity index (χ0) is 56.7. The first-order valence-electron chi connectivity index (χ1n) is 26.3. The molecule has 82 heavy (non-hydrogen) atoms. The van der Waals surface area contributed by atoms with Gasteiger partial charge in [-0.25, -0.2) is 19.2 Å². The SMILES string of the molecule is CC(C)COc1c(-c2ccc3c(c2)OC(c2ccccc2)(c2ccccc2)O3)oc2cc(O[C@@H]3OC(COC(=O)c4ccccc4)[C@@H](OC(=O)c4ccccc4)C(OC(=O)c4ccccc4)C3OC(=O)c3ccccc3)cc(O)c2c1=O. The van der Waals surface area contributed by atoms with E-state index in [4.69, 9.17) is 47.0 Å². The summed E-state index contributed by atoms with van der Waals surface area (Å²) in [6.45, 7) is 3.29. The average molecular weight is 1100 g/mol. The number of fused-ring (bicyclic) bond motifs is 2. The first kappa shape index (κ1) is 53.8. The summed E-state index contributed by atoms with van der Waals surface area (Å²) in [6.07, 6.45) is -8.57. The van der Waals surface area contributed by atoms with E-state index in [1.54, 1.807) is 91.0 Å². The van der Waals surface area contributed by atoms with E-state index in [2.05, 4.69) is 0 Å². The van der Waals surface area contributed by atoms with Crippen molar-refractivity contribution in [3.05, 3.63) is 256 Å². The summed E-state index contributed by atoms with van der Waals surface area (Å²) in [6, 6.07) is 58.3. The van der Waals surface area contributed by atoms with E-state index in [9.17, 15) is 29.1 Å². The van der Waals surface area contributed by atoms with Crippen LogP contribution >= 0.6 is 0 Å². The molecule has 1 aromatic heterocycles. The Morgan fingerprint density at radius 3 is 1.55 bits per heavy atom. The lowest BCUT2D eigenvalue weighted by Gasteiger charge is -2.44. The molecule has 0 saturated carbocycles. The fourth-order valence-electron chi connectivity index (χ4n) is 9.51. The maximum absolute atomic E-state index is 14.8. The zero-order valence-corrected chi connectivity index (χ0v) is 44.2. The summed E-state index contributed by atoms with van der Waals surface area (Å²) in [4.78, 5) is 71.0. The number of carbonyl (C=O) groups is 4. The standard InChI is InChI=1S/C66H52O16/c1-40(2)38-73-58-55(68)54-49(67)36-48(37-52(54)76-56(58)45-33-34-50-51(35-45)82-66(81-50,46-29-17-7-18-30-46)47-31-19-8-20-32-47)75-65-60(80-64(72)44-27-15-6-16-28-44)59(79-63(71)43-25-13-5-14-26-43)57(78-62(70)42-23-11-4-12-24-42)53(77-65)39-74-61(69)41-21-9-3-10-22-41/h3-37,40,53,57,59-60,65,67H,38-39H2,1-2H3/t53?,57-,59?,60?,65-/m1/s1. The van der Waals surface area contributed by atoms with Crippen molar-refractivity contribution in [1.82, 2.24) is 0 Å². The number of carbonyl (C=O) groups excluding carboxylic acids is 4. The minimum absolute atomic E-state index is 0.0298. The second-order valence-electron chi connectivity index (χ2n) is 19.7. The number of benzene rings is 8. The van der Waals surface area contributed by atoms with E-state index in [1.165, 1.54) is 54.6 Å². The van der Waals surface area contributed by atoms with Gasteiger partial charge in [0.05, 0.1) is 28.9 Å². The summed E-state index contributed by atoms with van der Waals surface area (Å²) in [7, 11) is 0. The number of phenols is 1. The van der Waals surface area contributed by atoms with Gasteiger partial charge in [0.15, 0.2) is 29.5 Å². The van der Waals surface area contributed by atoms with Crippen LogP contribution in [0.1, 0.15) is 66.4 Å². The third kappa shape index (κ3) is 11.3. The second kappa shape index (κ2) is 23.6. The number of ether oxygens (including phenoxy) is 9. The maximum Gasteiger partial charge on any atom is 0.338 e. The zero-order valence-electron chi connectivity index (χ0n) is 44.2. The molecule has 9 aromatic rings. The molecule has 1 saturated heterocycles. The van der Waals surface area contributed by atoms with Crippen molar-refractivity contribution in [2.45, 2.75) is 50.3 Å². The third-order valence-electron chi connectivity index (χ3n) is 13.5. The van der Waals surface area contributed by atoms with Crippen LogP contribution in [0.2, 0.25) is 0 Å². The maximum atomic E-state index is 14.8. The van der Waals surface area contributed by atoms with Crippen molar-refractivity contribution in [2.75, 3.05) is 13.2 Å². The molecule has 16 nitrogen and oxygen atoms in total.